The highest BCUT2D eigenvalue weighted by molar-refractivity contribution is 5.66. The van der Waals surface area contributed by atoms with E-state index in [1.807, 2.05) is 13.0 Å². The predicted octanol–water partition coefficient (Wildman–Crippen LogP) is 4.19. The van der Waals surface area contributed by atoms with Crippen molar-refractivity contribution in [2.24, 2.45) is 0 Å². The lowest BCUT2D eigenvalue weighted by Gasteiger charge is -2.22. The monoisotopic (exact) mass is 270 g/mol. The fraction of sp³-hybridized carbons (Fsp3) is 0.412. The number of ether oxygens (including phenoxy) is 1. The van der Waals surface area contributed by atoms with Crippen molar-refractivity contribution in [2.75, 3.05) is 0 Å². The topological polar surface area (TPSA) is 35.0 Å². The maximum atomic E-state index is 5.93. The Hall–Kier alpha value is -1.90. The van der Waals surface area contributed by atoms with Crippen molar-refractivity contribution in [3.05, 3.63) is 41.9 Å². The zero-order valence-corrected chi connectivity index (χ0v) is 12.9. The van der Waals surface area contributed by atoms with Gasteiger partial charge < -0.3 is 4.74 Å². The number of hydrogen-bond acceptors (Lipinski definition) is 3. The van der Waals surface area contributed by atoms with Gasteiger partial charge in [-0.1, -0.05) is 6.92 Å². The zero-order valence-electron chi connectivity index (χ0n) is 12.9. The minimum Gasteiger partial charge on any atom is -0.488 e. The summed E-state index contributed by atoms with van der Waals surface area (Å²) in [5, 5.41) is 0. The lowest BCUT2D eigenvalue weighted by molar-refractivity contribution is 0.131. The third-order valence-corrected chi connectivity index (χ3v) is 3.02. The van der Waals surface area contributed by atoms with Gasteiger partial charge in [0.2, 0.25) is 0 Å². The lowest BCUT2D eigenvalue weighted by atomic mass is 10.0. The number of nitrogens with zero attached hydrogens (tertiary/aromatic N) is 2. The first-order chi connectivity index (χ1) is 9.40. The molecule has 0 saturated carbocycles. The summed E-state index contributed by atoms with van der Waals surface area (Å²) < 4.78 is 5.93. The number of hydrogen-bond donors (Lipinski definition) is 0. The Labute approximate surface area is 121 Å². The Balaban J connectivity index is 2.44. The Bertz CT molecular complexity index is 600. The molecule has 1 heterocycles. The molecule has 0 radical (unpaired) electrons. The third kappa shape index (κ3) is 3.35. The van der Waals surface area contributed by atoms with Crippen molar-refractivity contribution in [1.82, 2.24) is 9.97 Å². The van der Waals surface area contributed by atoms with Crippen LogP contribution in [0, 0.1) is 6.92 Å². The van der Waals surface area contributed by atoms with Gasteiger partial charge in [0.25, 0.3) is 0 Å². The molecular weight excluding hydrogens is 248 g/mol. The van der Waals surface area contributed by atoms with Gasteiger partial charge in [-0.15, -0.1) is 0 Å². The van der Waals surface area contributed by atoms with Crippen LogP contribution in [0.15, 0.2) is 30.6 Å². The normalized spacial score (nSPS) is 11.4. The van der Waals surface area contributed by atoms with E-state index in [1.165, 1.54) is 5.56 Å². The van der Waals surface area contributed by atoms with Crippen LogP contribution in [0.5, 0.6) is 5.75 Å². The van der Waals surface area contributed by atoms with E-state index in [2.05, 4.69) is 49.8 Å². The first-order valence-corrected chi connectivity index (χ1v) is 7.00. The van der Waals surface area contributed by atoms with E-state index < -0.39 is 0 Å². The Morgan fingerprint density at radius 2 is 1.80 bits per heavy atom. The Morgan fingerprint density at radius 1 is 1.10 bits per heavy atom. The van der Waals surface area contributed by atoms with Crippen LogP contribution in [0.1, 0.15) is 39.0 Å². The molecule has 2 aromatic rings. The second-order valence-electron chi connectivity index (χ2n) is 5.88. The number of benzene rings is 1. The summed E-state index contributed by atoms with van der Waals surface area (Å²) in [7, 11) is 0. The molecule has 0 spiro atoms. The highest BCUT2D eigenvalue weighted by atomic mass is 16.5. The first kappa shape index (κ1) is 14.5. The van der Waals surface area contributed by atoms with Gasteiger partial charge in [0.1, 0.15) is 11.4 Å². The van der Waals surface area contributed by atoms with Crippen molar-refractivity contribution < 1.29 is 4.74 Å². The van der Waals surface area contributed by atoms with Gasteiger partial charge in [-0.25, -0.2) is 0 Å². The van der Waals surface area contributed by atoms with Gasteiger partial charge >= 0.3 is 0 Å². The number of rotatable bonds is 3. The molecular formula is C17H22N2O. The molecule has 0 N–H and O–H groups in total. The van der Waals surface area contributed by atoms with Crippen molar-refractivity contribution in [2.45, 2.75) is 46.6 Å². The summed E-state index contributed by atoms with van der Waals surface area (Å²) in [5.74, 6) is 0.902. The van der Waals surface area contributed by atoms with Crippen LogP contribution in [-0.4, -0.2) is 15.6 Å². The highest BCUT2D eigenvalue weighted by Gasteiger charge is 2.14. The molecule has 20 heavy (non-hydrogen) atoms. The van der Waals surface area contributed by atoms with Crippen LogP contribution >= 0.6 is 0 Å². The minimum atomic E-state index is -0.186. The lowest BCUT2D eigenvalue weighted by Crippen LogP contribution is -2.23. The van der Waals surface area contributed by atoms with E-state index in [0.29, 0.717) is 0 Å². The molecule has 3 heteroatoms. The van der Waals surface area contributed by atoms with E-state index in [9.17, 15) is 0 Å². The fourth-order valence-electron chi connectivity index (χ4n) is 2.18. The van der Waals surface area contributed by atoms with Gasteiger partial charge in [-0.05, 0) is 57.9 Å². The molecule has 0 saturated heterocycles. The zero-order chi connectivity index (χ0) is 14.8. The van der Waals surface area contributed by atoms with Crippen molar-refractivity contribution >= 4 is 0 Å². The summed E-state index contributed by atoms with van der Waals surface area (Å²) in [6, 6.07) is 6.19. The summed E-state index contributed by atoms with van der Waals surface area (Å²) >= 11 is 0. The molecule has 2 rings (SSSR count). The van der Waals surface area contributed by atoms with Crippen LogP contribution in [0.25, 0.3) is 11.3 Å². The van der Waals surface area contributed by atoms with E-state index in [-0.39, 0.29) is 5.60 Å². The van der Waals surface area contributed by atoms with Crippen LogP contribution in [0.3, 0.4) is 0 Å². The molecule has 0 atom stereocenters. The van der Waals surface area contributed by atoms with E-state index in [4.69, 9.17) is 4.74 Å². The molecule has 0 aliphatic rings. The van der Waals surface area contributed by atoms with Crippen molar-refractivity contribution in [3.63, 3.8) is 0 Å². The average molecular weight is 270 g/mol. The molecule has 106 valence electrons. The molecule has 0 aliphatic carbocycles. The molecule has 0 unspecified atom stereocenters. The van der Waals surface area contributed by atoms with E-state index in [0.717, 1.165) is 29.1 Å². The summed E-state index contributed by atoms with van der Waals surface area (Å²) in [6.07, 6.45) is 4.40. The SMILES string of the molecule is CCc1cc(OC(C)(C)C)ccc1-c1nccnc1C. The molecule has 1 aromatic carbocycles. The summed E-state index contributed by atoms with van der Waals surface area (Å²) in [5.41, 5.74) is 4.09. The maximum Gasteiger partial charge on any atom is 0.120 e. The summed E-state index contributed by atoms with van der Waals surface area (Å²) in [4.78, 5) is 8.78. The molecule has 1 aromatic heterocycles. The van der Waals surface area contributed by atoms with Gasteiger partial charge in [-0.2, -0.15) is 0 Å². The number of aryl methyl sites for hydroxylation is 2. The molecule has 0 fully saturated rings. The standard InChI is InChI=1S/C17H22N2O/c1-6-13-11-14(20-17(3,4)5)7-8-15(13)16-12(2)18-9-10-19-16/h7-11H,6H2,1-5H3. The van der Waals surface area contributed by atoms with E-state index in [1.54, 1.807) is 12.4 Å². The largest absolute Gasteiger partial charge is 0.488 e. The van der Waals surface area contributed by atoms with Gasteiger partial charge in [-0.3, -0.25) is 9.97 Å². The van der Waals surface area contributed by atoms with Crippen molar-refractivity contribution in [3.8, 4) is 17.0 Å². The van der Waals surface area contributed by atoms with Gasteiger partial charge in [0.15, 0.2) is 0 Å². The van der Waals surface area contributed by atoms with Gasteiger partial charge in [0, 0.05) is 18.0 Å². The molecule has 0 amide bonds. The Morgan fingerprint density at radius 3 is 2.40 bits per heavy atom. The van der Waals surface area contributed by atoms with Crippen LogP contribution in [-0.2, 0) is 6.42 Å². The third-order valence-electron chi connectivity index (χ3n) is 3.02. The van der Waals surface area contributed by atoms with Crippen LogP contribution in [0.4, 0.5) is 0 Å². The van der Waals surface area contributed by atoms with Gasteiger partial charge in [0.05, 0.1) is 11.4 Å². The average Bonchev–Trinajstić information content (AvgIpc) is 2.38. The maximum absolute atomic E-state index is 5.93. The van der Waals surface area contributed by atoms with Crippen LogP contribution in [0.2, 0.25) is 0 Å². The number of aromatic nitrogens is 2. The van der Waals surface area contributed by atoms with Crippen LogP contribution < -0.4 is 4.74 Å². The molecule has 0 bridgehead atoms. The molecule has 3 nitrogen and oxygen atoms in total. The second kappa shape index (κ2) is 5.61. The predicted molar refractivity (Wildman–Crippen MR) is 82.0 cm³/mol. The quantitative estimate of drug-likeness (QED) is 0.838. The summed E-state index contributed by atoms with van der Waals surface area (Å²) in [6.45, 7) is 10.3. The minimum absolute atomic E-state index is 0.186. The smallest absolute Gasteiger partial charge is 0.120 e. The second-order valence-corrected chi connectivity index (χ2v) is 5.88. The fourth-order valence-corrected chi connectivity index (χ4v) is 2.18. The highest BCUT2D eigenvalue weighted by Crippen LogP contribution is 2.29. The van der Waals surface area contributed by atoms with E-state index >= 15 is 0 Å². The Kier molecular flexibility index (Phi) is 4.07. The van der Waals surface area contributed by atoms with Crippen molar-refractivity contribution in [1.29, 1.82) is 0 Å². The molecule has 0 aliphatic heterocycles. The first-order valence-electron chi connectivity index (χ1n) is 7.00.